The van der Waals surface area contributed by atoms with E-state index < -0.39 is 0 Å². The molecule has 0 radical (unpaired) electrons. The summed E-state index contributed by atoms with van der Waals surface area (Å²) in [4.78, 5) is 32.2. The summed E-state index contributed by atoms with van der Waals surface area (Å²) >= 11 is 1.71. The van der Waals surface area contributed by atoms with E-state index in [0.29, 0.717) is 18.4 Å². The molecule has 4 heterocycles. The highest BCUT2D eigenvalue weighted by atomic mass is 32.1. The van der Waals surface area contributed by atoms with Crippen LogP contribution >= 0.6 is 11.3 Å². The van der Waals surface area contributed by atoms with Gasteiger partial charge < -0.3 is 15.2 Å². The Labute approximate surface area is 155 Å². The number of aryl methyl sites for hydroxylation is 2. The van der Waals surface area contributed by atoms with Gasteiger partial charge in [0.1, 0.15) is 22.8 Å². The van der Waals surface area contributed by atoms with E-state index in [4.69, 9.17) is 0 Å². The molecule has 26 heavy (non-hydrogen) atoms. The van der Waals surface area contributed by atoms with Crippen LogP contribution in [-0.4, -0.2) is 39.1 Å². The molecule has 1 aliphatic heterocycles. The Bertz CT molecular complexity index is 973. The molecule has 0 atom stereocenters. The van der Waals surface area contributed by atoms with Crippen LogP contribution < -0.4 is 15.8 Å². The molecule has 0 bridgehead atoms. The van der Waals surface area contributed by atoms with E-state index >= 15 is 0 Å². The lowest BCUT2D eigenvalue weighted by atomic mass is 10.0. The maximum atomic E-state index is 11.5. The highest BCUT2D eigenvalue weighted by molar-refractivity contribution is 7.18. The summed E-state index contributed by atoms with van der Waals surface area (Å²) in [6, 6.07) is 4.17. The number of nitrogens with zero attached hydrogens (tertiary/aromatic N) is 4. The van der Waals surface area contributed by atoms with Gasteiger partial charge in [-0.2, -0.15) is 0 Å². The minimum Gasteiger partial charge on any atom is -0.356 e. The van der Waals surface area contributed by atoms with Crippen LogP contribution in [0.5, 0.6) is 0 Å². The second kappa shape index (κ2) is 7.13. The largest absolute Gasteiger partial charge is 0.356 e. The maximum Gasteiger partial charge on any atom is 0.251 e. The van der Waals surface area contributed by atoms with Crippen LogP contribution in [0.1, 0.15) is 29.2 Å². The molecule has 2 N–H and O–H groups in total. The fraction of sp³-hybridized carbons (Fsp3) is 0.444. The van der Waals surface area contributed by atoms with Crippen molar-refractivity contribution in [3.63, 3.8) is 0 Å². The zero-order valence-electron chi connectivity index (χ0n) is 15.0. The fourth-order valence-electron chi connectivity index (χ4n) is 3.49. The van der Waals surface area contributed by atoms with E-state index in [-0.39, 0.29) is 5.56 Å². The van der Waals surface area contributed by atoms with Crippen molar-refractivity contribution in [2.45, 2.75) is 39.3 Å². The number of aromatic amines is 1. The number of rotatable bonds is 4. The quantitative estimate of drug-likeness (QED) is 0.732. The van der Waals surface area contributed by atoms with Crippen LogP contribution in [0.15, 0.2) is 23.3 Å². The number of hydrogen-bond donors (Lipinski definition) is 2. The van der Waals surface area contributed by atoms with E-state index in [1.165, 1.54) is 4.88 Å². The van der Waals surface area contributed by atoms with Crippen molar-refractivity contribution in [3.05, 3.63) is 45.2 Å². The highest BCUT2D eigenvalue weighted by Crippen LogP contribution is 2.31. The maximum absolute atomic E-state index is 11.5. The first-order valence-electron chi connectivity index (χ1n) is 8.85. The lowest BCUT2D eigenvalue weighted by Crippen LogP contribution is -2.42. The van der Waals surface area contributed by atoms with Crippen molar-refractivity contribution in [2.24, 2.45) is 0 Å². The summed E-state index contributed by atoms with van der Waals surface area (Å²) in [5, 5.41) is 4.69. The molecule has 0 aromatic carbocycles. The van der Waals surface area contributed by atoms with Crippen molar-refractivity contribution in [2.75, 3.05) is 18.0 Å². The zero-order chi connectivity index (χ0) is 18.1. The van der Waals surface area contributed by atoms with E-state index in [0.717, 1.165) is 47.7 Å². The number of hydrogen-bond acceptors (Lipinski definition) is 7. The van der Waals surface area contributed by atoms with Gasteiger partial charge in [-0.1, -0.05) is 0 Å². The monoisotopic (exact) mass is 370 g/mol. The van der Waals surface area contributed by atoms with Gasteiger partial charge in [0.05, 0.1) is 11.1 Å². The van der Waals surface area contributed by atoms with Gasteiger partial charge in [-0.15, -0.1) is 11.3 Å². The molecule has 0 unspecified atom stereocenters. The molecule has 1 aliphatic rings. The Balaban J connectivity index is 1.38. The molecule has 0 saturated carbocycles. The van der Waals surface area contributed by atoms with Gasteiger partial charge in [-0.3, -0.25) is 4.79 Å². The van der Waals surface area contributed by atoms with Gasteiger partial charge >= 0.3 is 0 Å². The first-order chi connectivity index (χ1) is 12.6. The predicted molar refractivity (Wildman–Crippen MR) is 104 cm³/mol. The molecule has 0 aliphatic carbocycles. The van der Waals surface area contributed by atoms with Gasteiger partial charge in [0.25, 0.3) is 5.56 Å². The Morgan fingerprint density at radius 1 is 1.27 bits per heavy atom. The van der Waals surface area contributed by atoms with Gasteiger partial charge in [-0.05, 0) is 32.8 Å². The minimum atomic E-state index is -0.0945. The van der Waals surface area contributed by atoms with Crippen LogP contribution in [0.2, 0.25) is 0 Å². The lowest BCUT2D eigenvalue weighted by molar-refractivity contribution is 0.411. The Kier molecular flexibility index (Phi) is 4.69. The smallest absolute Gasteiger partial charge is 0.251 e. The number of nitrogens with one attached hydrogen (secondary N) is 2. The Hall–Kier alpha value is -2.32. The second-order valence-electron chi connectivity index (χ2n) is 6.74. The first kappa shape index (κ1) is 17.1. The molecule has 7 nitrogen and oxygen atoms in total. The average molecular weight is 370 g/mol. The molecule has 1 saturated heterocycles. The predicted octanol–water partition coefficient (Wildman–Crippen LogP) is 2.15. The molecule has 1 fully saturated rings. The number of H-pyrrole nitrogens is 1. The third kappa shape index (κ3) is 3.61. The van der Waals surface area contributed by atoms with Gasteiger partial charge in [0, 0.05) is 36.6 Å². The molecule has 136 valence electrons. The Morgan fingerprint density at radius 3 is 2.85 bits per heavy atom. The molecular formula is C18H22N6OS. The fourth-order valence-corrected chi connectivity index (χ4v) is 4.33. The zero-order valence-corrected chi connectivity index (χ0v) is 15.8. The minimum absolute atomic E-state index is 0.0945. The van der Waals surface area contributed by atoms with Gasteiger partial charge in [-0.25, -0.2) is 15.0 Å². The van der Waals surface area contributed by atoms with Crippen LogP contribution in [0.25, 0.3) is 10.2 Å². The van der Waals surface area contributed by atoms with Gasteiger partial charge in [0.15, 0.2) is 0 Å². The summed E-state index contributed by atoms with van der Waals surface area (Å²) in [7, 11) is 0. The van der Waals surface area contributed by atoms with Crippen molar-refractivity contribution in [3.8, 4) is 0 Å². The SMILES string of the molecule is Cc1nc(CNC2CCN(c3ncnc4sc(C)cc34)CC2)cc(=O)[nH]1. The number of anilines is 1. The van der Waals surface area contributed by atoms with E-state index in [9.17, 15) is 4.79 Å². The normalized spacial score (nSPS) is 15.7. The molecule has 8 heteroatoms. The van der Waals surface area contributed by atoms with Crippen molar-refractivity contribution in [1.82, 2.24) is 25.3 Å². The number of aromatic nitrogens is 4. The molecular weight excluding hydrogens is 348 g/mol. The number of piperidine rings is 1. The van der Waals surface area contributed by atoms with Crippen LogP contribution in [0, 0.1) is 13.8 Å². The summed E-state index contributed by atoms with van der Waals surface area (Å²) < 4.78 is 0. The first-order valence-corrected chi connectivity index (χ1v) is 9.66. The van der Waals surface area contributed by atoms with Crippen molar-refractivity contribution >= 4 is 27.4 Å². The third-order valence-electron chi connectivity index (χ3n) is 4.71. The van der Waals surface area contributed by atoms with Crippen molar-refractivity contribution in [1.29, 1.82) is 0 Å². The third-order valence-corrected chi connectivity index (χ3v) is 5.67. The van der Waals surface area contributed by atoms with E-state index in [1.54, 1.807) is 30.7 Å². The Morgan fingerprint density at radius 2 is 2.08 bits per heavy atom. The van der Waals surface area contributed by atoms with Gasteiger partial charge in [0.2, 0.25) is 0 Å². The summed E-state index contributed by atoms with van der Waals surface area (Å²) in [5.41, 5.74) is 0.697. The summed E-state index contributed by atoms with van der Waals surface area (Å²) in [6.45, 7) is 6.45. The van der Waals surface area contributed by atoms with E-state index in [2.05, 4.69) is 43.1 Å². The molecule has 0 spiro atoms. The van der Waals surface area contributed by atoms with Crippen LogP contribution in [-0.2, 0) is 6.54 Å². The standard InChI is InChI=1S/C18H22N6OS/c1-11-7-15-17(20-10-21-18(15)26-11)24-5-3-13(4-6-24)19-9-14-8-16(25)23-12(2)22-14/h7-8,10,13,19H,3-6,9H2,1-2H3,(H,22,23,25). The number of fused-ring (bicyclic) bond motifs is 1. The summed E-state index contributed by atoms with van der Waals surface area (Å²) in [5.74, 6) is 1.70. The van der Waals surface area contributed by atoms with Crippen LogP contribution in [0.4, 0.5) is 5.82 Å². The van der Waals surface area contributed by atoms with Crippen LogP contribution in [0.3, 0.4) is 0 Å². The summed E-state index contributed by atoms with van der Waals surface area (Å²) in [6.07, 6.45) is 3.74. The second-order valence-corrected chi connectivity index (χ2v) is 7.97. The molecule has 3 aromatic rings. The van der Waals surface area contributed by atoms with E-state index in [1.807, 2.05) is 0 Å². The highest BCUT2D eigenvalue weighted by Gasteiger charge is 2.22. The average Bonchev–Trinajstić information content (AvgIpc) is 3.00. The molecule has 4 rings (SSSR count). The molecule has 0 amide bonds. The van der Waals surface area contributed by atoms with Crippen molar-refractivity contribution < 1.29 is 0 Å². The lowest BCUT2D eigenvalue weighted by Gasteiger charge is -2.33. The molecule has 3 aromatic heterocycles. The topological polar surface area (TPSA) is 86.8 Å². The number of thiophene rings is 1.